The Balaban J connectivity index is 1.57. The first kappa shape index (κ1) is 18.3. The Kier molecular flexibility index (Phi) is 6.12. The average molecular weight is 418 g/mol. The van der Waals surface area contributed by atoms with Crippen LogP contribution < -0.4 is 10.1 Å². The van der Waals surface area contributed by atoms with Crippen molar-refractivity contribution in [2.45, 2.75) is 32.9 Å². The van der Waals surface area contributed by atoms with Crippen molar-refractivity contribution in [1.82, 2.24) is 9.78 Å². The lowest BCUT2D eigenvalue weighted by molar-refractivity contribution is 0.0991. The normalized spacial score (nSPS) is 10.7. The quantitative estimate of drug-likeness (QED) is 0.567. The van der Waals surface area contributed by atoms with E-state index in [0.29, 0.717) is 11.6 Å². The molecule has 2 heterocycles. The number of nitrogens with zero attached hydrogens (tertiary/aromatic N) is 2. The van der Waals surface area contributed by atoms with Crippen LogP contribution in [0.2, 0.25) is 0 Å². The van der Waals surface area contributed by atoms with Gasteiger partial charge in [-0.2, -0.15) is 5.10 Å². The van der Waals surface area contributed by atoms with Crippen LogP contribution in [0.25, 0.3) is 0 Å². The summed E-state index contributed by atoms with van der Waals surface area (Å²) in [5.74, 6) is 1.90. The van der Waals surface area contributed by atoms with Crippen LogP contribution >= 0.6 is 15.9 Å². The number of benzene rings is 1. The summed E-state index contributed by atoms with van der Waals surface area (Å²) in [5.41, 5.74) is 0. The number of hydrogen-bond acceptors (Lipinski definition) is 4. The molecule has 0 aliphatic rings. The predicted molar refractivity (Wildman–Crippen MR) is 102 cm³/mol. The molecule has 6 nitrogen and oxygen atoms in total. The summed E-state index contributed by atoms with van der Waals surface area (Å²) in [6, 6.07) is 12.7. The largest absolute Gasteiger partial charge is 0.486 e. The molecular formula is C19H20BrN3O3. The van der Waals surface area contributed by atoms with E-state index in [1.54, 1.807) is 29.1 Å². The number of halogens is 1. The van der Waals surface area contributed by atoms with E-state index < -0.39 is 0 Å². The highest BCUT2D eigenvalue weighted by Crippen LogP contribution is 2.18. The highest BCUT2D eigenvalue weighted by Gasteiger charge is 2.14. The van der Waals surface area contributed by atoms with Gasteiger partial charge in [-0.1, -0.05) is 29.3 Å². The Labute approximate surface area is 160 Å². The Morgan fingerprint density at radius 2 is 2.04 bits per heavy atom. The van der Waals surface area contributed by atoms with Crippen LogP contribution in [0, 0.1) is 0 Å². The van der Waals surface area contributed by atoms with Gasteiger partial charge in [0.15, 0.2) is 5.76 Å². The van der Waals surface area contributed by atoms with Crippen LogP contribution in [-0.2, 0) is 13.2 Å². The third-order valence-electron chi connectivity index (χ3n) is 3.76. The van der Waals surface area contributed by atoms with Gasteiger partial charge in [0.2, 0.25) is 0 Å². The van der Waals surface area contributed by atoms with Gasteiger partial charge in [0, 0.05) is 17.1 Å². The van der Waals surface area contributed by atoms with E-state index in [9.17, 15) is 4.79 Å². The number of aryl methyl sites for hydroxylation is 1. The molecule has 26 heavy (non-hydrogen) atoms. The Morgan fingerprint density at radius 3 is 2.81 bits per heavy atom. The maximum absolute atomic E-state index is 12.4. The zero-order valence-electron chi connectivity index (χ0n) is 14.4. The molecule has 0 aliphatic heterocycles. The number of ether oxygens (including phenoxy) is 1. The third kappa shape index (κ3) is 4.76. The lowest BCUT2D eigenvalue weighted by Crippen LogP contribution is -2.15. The second-order valence-corrected chi connectivity index (χ2v) is 6.67. The van der Waals surface area contributed by atoms with Gasteiger partial charge in [-0.15, -0.1) is 0 Å². The number of amides is 1. The standard InChI is InChI=1S/C19H20BrN3O3/c1-2-3-12-23-18(10-11-21-23)22-19(24)17-9-8-16(26-17)13-25-15-6-4-14(20)5-7-15/h4-11H,2-3,12-13H2,1H3,(H,22,24). The van der Waals surface area contributed by atoms with Gasteiger partial charge in [0.25, 0.3) is 5.91 Å². The van der Waals surface area contributed by atoms with Gasteiger partial charge in [0.1, 0.15) is 23.9 Å². The number of hydrogen-bond donors (Lipinski definition) is 1. The van der Waals surface area contributed by atoms with Crippen LogP contribution in [0.15, 0.2) is 57.6 Å². The number of unbranched alkanes of at least 4 members (excludes halogenated alkanes) is 1. The van der Waals surface area contributed by atoms with E-state index in [2.05, 4.69) is 33.3 Å². The predicted octanol–water partition coefficient (Wildman–Crippen LogP) is 4.87. The van der Waals surface area contributed by atoms with Crippen LogP contribution in [-0.4, -0.2) is 15.7 Å². The molecule has 1 aromatic carbocycles. The topological polar surface area (TPSA) is 69.3 Å². The van der Waals surface area contributed by atoms with Gasteiger partial charge in [-0.25, -0.2) is 4.68 Å². The Bertz CT molecular complexity index is 855. The Hall–Kier alpha value is -2.54. The molecule has 3 aromatic rings. The van der Waals surface area contributed by atoms with Crippen molar-refractivity contribution < 1.29 is 13.9 Å². The molecule has 1 N–H and O–H groups in total. The molecule has 0 bridgehead atoms. The number of carbonyl (C=O) groups excluding carboxylic acids is 1. The van der Waals surface area contributed by atoms with Gasteiger partial charge >= 0.3 is 0 Å². The van der Waals surface area contributed by atoms with Gasteiger partial charge in [-0.3, -0.25) is 4.79 Å². The summed E-state index contributed by atoms with van der Waals surface area (Å²) in [7, 11) is 0. The fourth-order valence-corrected chi connectivity index (χ4v) is 2.63. The maximum atomic E-state index is 12.4. The summed E-state index contributed by atoms with van der Waals surface area (Å²) in [6.07, 6.45) is 3.74. The molecule has 7 heteroatoms. The van der Waals surface area contributed by atoms with Crippen molar-refractivity contribution in [3.05, 3.63) is 64.7 Å². The monoisotopic (exact) mass is 417 g/mol. The molecule has 0 spiro atoms. The highest BCUT2D eigenvalue weighted by atomic mass is 79.9. The number of furan rings is 1. The molecule has 0 saturated carbocycles. The van der Waals surface area contributed by atoms with E-state index in [1.807, 2.05) is 24.3 Å². The molecule has 0 atom stereocenters. The molecule has 3 rings (SSSR count). The third-order valence-corrected chi connectivity index (χ3v) is 4.29. The van der Waals surface area contributed by atoms with Gasteiger partial charge in [-0.05, 0) is 42.8 Å². The average Bonchev–Trinajstić information content (AvgIpc) is 3.29. The first-order valence-corrected chi connectivity index (χ1v) is 9.25. The summed E-state index contributed by atoms with van der Waals surface area (Å²) < 4.78 is 14.0. The minimum atomic E-state index is -0.307. The van der Waals surface area contributed by atoms with Crippen LogP contribution in [0.3, 0.4) is 0 Å². The van der Waals surface area contributed by atoms with Crippen molar-refractivity contribution in [2.24, 2.45) is 0 Å². The second-order valence-electron chi connectivity index (χ2n) is 5.76. The zero-order valence-corrected chi connectivity index (χ0v) is 16.0. The van der Waals surface area contributed by atoms with E-state index in [-0.39, 0.29) is 18.3 Å². The van der Waals surface area contributed by atoms with Gasteiger partial charge in [0.05, 0.1) is 6.20 Å². The number of aromatic nitrogens is 2. The van der Waals surface area contributed by atoms with E-state index >= 15 is 0 Å². The highest BCUT2D eigenvalue weighted by molar-refractivity contribution is 9.10. The molecule has 0 radical (unpaired) electrons. The van der Waals surface area contributed by atoms with Crippen molar-refractivity contribution in [3.63, 3.8) is 0 Å². The van der Waals surface area contributed by atoms with Crippen molar-refractivity contribution in [3.8, 4) is 5.75 Å². The fourth-order valence-electron chi connectivity index (χ4n) is 2.37. The number of anilines is 1. The smallest absolute Gasteiger partial charge is 0.292 e. The molecule has 0 fully saturated rings. The van der Waals surface area contributed by atoms with E-state index in [4.69, 9.17) is 9.15 Å². The second kappa shape index (κ2) is 8.71. The first-order chi connectivity index (χ1) is 12.7. The minimum absolute atomic E-state index is 0.239. The summed E-state index contributed by atoms with van der Waals surface area (Å²) >= 11 is 3.38. The number of nitrogens with one attached hydrogen (secondary N) is 1. The van der Waals surface area contributed by atoms with E-state index in [1.165, 1.54) is 0 Å². The molecule has 0 aliphatic carbocycles. The molecular weight excluding hydrogens is 398 g/mol. The minimum Gasteiger partial charge on any atom is -0.486 e. The summed E-state index contributed by atoms with van der Waals surface area (Å²) in [4.78, 5) is 12.4. The lowest BCUT2D eigenvalue weighted by Gasteiger charge is -2.07. The van der Waals surface area contributed by atoms with Crippen LogP contribution in [0.4, 0.5) is 5.82 Å². The van der Waals surface area contributed by atoms with Crippen LogP contribution in [0.5, 0.6) is 5.75 Å². The van der Waals surface area contributed by atoms with Crippen molar-refractivity contribution in [2.75, 3.05) is 5.32 Å². The number of carbonyl (C=O) groups is 1. The Morgan fingerprint density at radius 1 is 1.23 bits per heavy atom. The van der Waals surface area contributed by atoms with Crippen LogP contribution in [0.1, 0.15) is 36.1 Å². The molecule has 1 amide bonds. The maximum Gasteiger partial charge on any atom is 0.292 e. The first-order valence-electron chi connectivity index (χ1n) is 8.46. The lowest BCUT2D eigenvalue weighted by atomic mass is 10.3. The van der Waals surface area contributed by atoms with Crippen molar-refractivity contribution in [1.29, 1.82) is 0 Å². The molecule has 136 valence electrons. The fraction of sp³-hybridized carbons (Fsp3) is 0.263. The van der Waals surface area contributed by atoms with Crippen molar-refractivity contribution >= 4 is 27.7 Å². The summed E-state index contributed by atoms with van der Waals surface area (Å²) in [6.45, 7) is 3.13. The molecule has 2 aromatic heterocycles. The SMILES string of the molecule is CCCCn1nccc1NC(=O)c1ccc(COc2ccc(Br)cc2)o1. The summed E-state index contributed by atoms with van der Waals surface area (Å²) in [5, 5.41) is 7.05. The molecule has 0 saturated heterocycles. The molecule has 0 unspecified atom stereocenters. The number of rotatable bonds is 8. The van der Waals surface area contributed by atoms with Gasteiger partial charge < -0.3 is 14.5 Å². The zero-order chi connectivity index (χ0) is 18.4. The van der Waals surface area contributed by atoms with E-state index in [0.717, 1.165) is 29.6 Å².